The number of rotatable bonds is 4. The summed E-state index contributed by atoms with van der Waals surface area (Å²) in [6, 6.07) is 7.63. The average molecular weight is 444 g/mol. The van der Waals surface area contributed by atoms with Gasteiger partial charge in [0.1, 0.15) is 16.8 Å². The number of hydrazine groups is 1. The van der Waals surface area contributed by atoms with Gasteiger partial charge in [-0.2, -0.15) is 4.98 Å². The molecule has 1 fully saturated rings. The number of nitrogens with zero attached hydrogens (tertiary/aromatic N) is 6. The topological polar surface area (TPSA) is 98.1 Å². The van der Waals surface area contributed by atoms with Crippen molar-refractivity contribution in [3.63, 3.8) is 0 Å². The zero-order valence-corrected chi connectivity index (χ0v) is 18.8. The minimum absolute atomic E-state index is 0.0204. The number of ether oxygens (including phenoxy) is 1. The number of para-hydroxylation sites is 1. The van der Waals surface area contributed by atoms with Gasteiger partial charge in [-0.25, -0.2) is 19.9 Å². The summed E-state index contributed by atoms with van der Waals surface area (Å²) >= 11 is 6.19. The number of aromatic nitrogens is 5. The number of benzene rings is 1. The van der Waals surface area contributed by atoms with Gasteiger partial charge in [-0.1, -0.05) is 30.7 Å². The van der Waals surface area contributed by atoms with E-state index < -0.39 is 11.7 Å². The Morgan fingerprint density at radius 1 is 1.29 bits per heavy atom. The highest BCUT2D eigenvalue weighted by molar-refractivity contribution is 6.28. The second-order valence-corrected chi connectivity index (χ2v) is 9.14. The minimum Gasteiger partial charge on any atom is -0.443 e. The second-order valence-electron chi connectivity index (χ2n) is 8.80. The average Bonchev–Trinajstić information content (AvgIpc) is 3.31. The molecule has 10 heteroatoms. The fraction of sp³-hybridized carbons (Fsp3) is 0.476. The molecule has 0 radical (unpaired) electrons. The van der Waals surface area contributed by atoms with Crippen molar-refractivity contribution in [2.45, 2.75) is 58.6 Å². The number of amides is 1. The number of hydrogen-bond donors (Lipinski definition) is 1. The summed E-state index contributed by atoms with van der Waals surface area (Å²) in [6.07, 6.45) is 4.04. The molecule has 4 rings (SSSR count). The van der Waals surface area contributed by atoms with Gasteiger partial charge in [-0.15, -0.1) is 5.10 Å². The van der Waals surface area contributed by atoms with E-state index in [4.69, 9.17) is 16.3 Å². The molecule has 1 aliphatic rings. The molecule has 2 heterocycles. The van der Waals surface area contributed by atoms with Gasteiger partial charge in [0.2, 0.25) is 5.28 Å². The number of nitrogens with one attached hydrogen (secondary N) is 1. The summed E-state index contributed by atoms with van der Waals surface area (Å²) in [5, 5.41) is 10.4. The molecule has 3 aromatic rings. The third-order valence-corrected chi connectivity index (χ3v) is 5.47. The molecule has 1 N–H and O–H groups in total. The molecule has 1 aromatic carbocycles. The molecule has 1 saturated carbocycles. The van der Waals surface area contributed by atoms with Gasteiger partial charge in [0.15, 0.2) is 5.82 Å². The fourth-order valence-corrected chi connectivity index (χ4v) is 4.05. The molecule has 2 atom stereocenters. The van der Waals surface area contributed by atoms with Crippen molar-refractivity contribution >= 4 is 34.5 Å². The van der Waals surface area contributed by atoms with E-state index in [2.05, 4.69) is 32.6 Å². The summed E-state index contributed by atoms with van der Waals surface area (Å²) in [4.78, 5) is 21.4. The van der Waals surface area contributed by atoms with Gasteiger partial charge < -0.3 is 4.74 Å². The van der Waals surface area contributed by atoms with Crippen LogP contribution in [0.4, 0.5) is 10.6 Å². The first kappa shape index (κ1) is 21.3. The molecular weight excluding hydrogens is 418 g/mol. The number of carbonyl (C=O) groups excluding carboxylic acids is 1. The van der Waals surface area contributed by atoms with E-state index in [9.17, 15) is 4.79 Å². The summed E-state index contributed by atoms with van der Waals surface area (Å²) < 4.78 is 7.17. The lowest BCUT2D eigenvalue weighted by atomic mass is 10.1. The van der Waals surface area contributed by atoms with Gasteiger partial charge in [-0.05, 0) is 63.3 Å². The number of halogens is 1. The van der Waals surface area contributed by atoms with E-state index in [-0.39, 0.29) is 11.3 Å². The quantitative estimate of drug-likeness (QED) is 0.474. The molecule has 1 amide bonds. The van der Waals surface area contributed by atoms with Crippen molar-refractivity contribution in [3.8, 4) is 5.69 Å². The van der Waals surface area contributed by atoms with Crippen LogP contribution in [0, 0.1) is 5.92 Å². The monoisotopic (exact) mass is 443 g/mol. The summed E-state index contributed by atoms with van der Waals surface area (Å²) in [5.41, 5.74) is 4.37. The van der Waals surface area contributed by atoms with Crippen molar-refractivity contribution in [1.29, 1.82) is 0 Å². The maximum atomic E-state index is 12.7. The van der Waals surface area contributed by atoms with Crippen LogP contribution >= 0.6 is 11.6 Å². The smallest absolute Gasteiger partial charge is 0.426 e. The van der Waals surface area contributed by atoms with Gasteiger partial charge >= 0.3 is 6.09 Å². The van der Waals surface area contributed by atoms with Crippen molar-refractivity contribution < 1.29 is 9.53 Å². The molecule has 0 aliphatic heterocycles. The Bertz CT molecular complexity index is 1090. The van der Waals surface area contributed by atoms with Crippen molar-refractivity contribution in [2.75, 3.05) is 5.01 Å². The standard InChI is InChI=1S/C21H26ClN7O2/c1-13-8-7-11-15(13)29(26-20(30)31-21(2,3)4)18-17(12-23-19(22)24-18)28-16-10-6-5-9-14(16)25-27-28/h5-6,9-10,12-13,15H,7-8,11H2,1-4H3,(H,26,30)/t13-,15+/m1/s1. The highest BCUT2D eigenvalue weighted by Gasteiger charge is 2.34. The van der Waals surface area contributed by atoms with Crippen LogP contribution in [-0.4, -0.2) is 42.7 Å². The molecular formula is C21H26ClN7O2. The van der Waals surface area contributed by atoms with E-state index >= 15 is 0 Å². The molecule has 1 aliphatic carbocycles. The van der Waals surface area contributed by atoms with Crippen LogP contribution in [0.15, 0.2) is 30.5 Å². The maximum Gasteiger partial charge on any atom is 0.426 e. The number of anilines is 1. The SMILES string of the molecule is C[C@@H]1CCC[C@@H]1N(NC(=O)OC(C)(C)C)c1nc(Cl)ncc1-n1nnc2ccccc21. The molecule has 0 bridgehead atoms. The minimum atomic E-state index is -0.634. The Morgan fingerprint density at radius 2 is 2.06 bits per heavy atom. The molecule has 0 spiro atoms. The summed E-state index contributed by atoms with van der Waals surface area (Å²) in [6.45, 7) is 7.63. The number of fused-ring (bicyclic) bond motifs is 1. The zero-order chi connectivity index (χ0) is 22.2. The van der Waals surface area contributed by atoms with Gasteiger partial charge in [-0.3, -0.25) is 5.01 Å². The third-order valence-electron chi connectivity index (χ3n) is 5.29. The van der Waals surface area contributed by atoms with Crippen LogP contribution in [0.3, 0.4) is 0 Å². The molecule has 9 nitrogen and oxygen atoms in total. The maximum absolute atomic E-state index is 12.7. The Labute approximate surface area is 185 Å². The first-order valence-corrected chi connectivity index (χ1v) is 10.7. The fourth-order valence-electron chi connectivity index (χ4n) is 3.92. The van der Waals surface area contributed by atoms with E-state index in [1.54, 1.807) is 15.9 Å². The Kier molecular flexibility index (Phi) is 5.70. The number of carbonyl (C=O) groups is 1. The van der Waals surface area contributed by atoms with E-state index in [0.29, 0.717) is 17.4 Å². The lowest BCUT2D eigenvalue weighted by Gasteiger charge is -2.34. The van der Waals surface area contributed by atoms with E-state index in [1.165, 1.54) is 0 Å². The van der Waals surface area contributed by atoms with Gasteiger partial charge in [0, 0.05) is 0 Å². The number of hydrogen-bond acceptors (Lipinski definition) is 7. The molecule has 0 saturated heterocycles. The predicted molar refractivity (Wildman–Crippen MR) is 118 cm³/mol. The van der Waals surface area contributed by atoms with Gasteiger partial charge in [0.05, 0.1) is 17.8 Å². The van der Waals surface area contributed by atoms with Crippen molar-refractivity contribution in [1.82, 2.24) is 30.4 Å². The summed E-state index contributed by atoms with van der Waals surface area (Å²) in [7, 11) is 0. The Hall–Kier alpha value is -2.94. The molecule has 31 heavy (non-hydrogen) atoms. The first-order valence-electron chi connectivity index (χ1n) is 10.3. The predicted octanol–water partition coefficient (Wildman–Crippen LogP) is 4.30. The normalized spacial score (nSPS) is 18.9. The highest BCUT2D eigenvalue weighted by Crippen LogP contribution is 2.34. The zero-order valence-electron chi connectivity index (χ0n) is 18.0. The van der Waals surface area contributed by atoms with Crippen LogP contribution < -0.4 is 10.4 Å². The molecule has 2 aromatic heterocycles. The lowest BCUT2D eigenvalue weighted by Crippen LogP contribution is -2.52. The highest BCUT2D eigenvalue weighted by atomic mass is 35.5. The first-order chi connectivity index (χ1) is 14.7. The van der Waals surface area contributed by atoms with Crippen LogP contribution in [-0.2, 0) is 4.74 Å². The van der Waals surface area contributed by atoms with Crippen molar-refractivity contribution in [3.05, 3.63) is 35.7 Å². The largest absolute Gasteiger partial charge is 0.443 e. The Morgan fingerprint density at radius 3 is 2.77 bits per heavy atom. The van der Waals surface area contributed by atoms with Crippen LogP contribution in [0.1, 0.15) is 47.0 Å². The molecule has 0 unspecified atom stereocenters. The summed E-state index contributed by atoms with van der Waals surface area (Å²) in [5.74, 6) is 0.782. The van der Waals surface area contributed by atoms with Crippen LogP contribution in [0.25, 0.3) is 16.7 Å². The third kappa shape index (κ3) is 4.56. The Balaban J connectivity index is 1.81. The van der Waals surface area contributed by atoms with Gasteiger partial charge in [0.25, 0.3) is 0 Å². The lowest BCUT2D eigenvalue weighted by molar-refractivity contribution is 0.0512. The van der Waals surface area contributed by atoms with E-state index in [1.807, 2.05) is 45.0 Å². The van der Waals surface area contributed by atoms with Crippen molar-refractivity contribution in [2.24, 2.45) is 5.92 Å². The van der Waals surface area contributed by atoms with Crippen LogP contribution in [0.5, 0.6) is 0 Å². The second kappa shape index (κ2) is 8.30. The molecule has 164 valence electrons. The van der Waals surface area contributed by atoms with Crippen LogP contribution in [0.2, 0.25) is 5.28 Å². The van der Waals surface area contributed by atoms with E-state index in [0.717, 1.165) is 30.3 Å².